The Bertz CT molecular complexity index is 788. The molecule has 0 bridgehead atoms. The number of carbonyl (C=O) groups excluding carboxylic acids is 1. The summed E-state index contributed by atoms with van der Waals surface area (Å²) in [6, 6.07) is 9.94. The van der Waals surface area contributed by atoms with Gasteiger partial charge in [-0.05, 0) is 80.6 Å². The molecule has 2 aliphatic rings. The first-order valence-corrected chi connectivity index (χ1v) is 10.2. The Hall–Kier alpha value is -2.20. The first-order chi connectivity index (χ1) is 13.2. The molecule has 2 fully saturated rings. The van der Waals surface area contributed by atoms with E-state index in [2.05, 4.69) is 22.1 Å². The Kier molecular flexibility index (Phi) is 5.26. The number of benzene rings is 1. The average molecular weight is 364 g/mol. The number of aromatic nitrogens is 1. The number of amides is 1. The van der Waals surface area contributed by atoms with Crippen LogP contribution in [0.15, 0.2) is 42.7 Å². The number of carbonyl (C=O) groups is 1. The lowest BCUT2D eigenvalue weighted by molar-refractivity contribution is 0.0860. The van der Waals surface area contributed by atoms with Gasteiger partial charge in [-0.15, -0.1) is 0 Å². The quantitative estimate of drug-likeness (QED) is 0.866. The molecular formula is C23H29N3O. The predicted molar refractivity (Wildman–Crippen MR) is 109 cm³/mol. The zero-order valence-corrected chi connectivity index (χ0v) is 16.2. The summed E-state index contributed by atoms with van der Waals surface area (Å²) in [5.74, 6) is 0.0403. The van der Waals surface area contributed by atoms with E-state index in [0.717, 1.165) is 28.8 Å². The first kappa shape index (κ1) is 18.2. The summed E-state index contributed by atoms with van der Waals surface area (Å²) in [6.07, 6.45) is 11.3. The number of pyridine rings is 1. The van der Waals surface area contributed by atoms with Crippen LogP contribution in [0.5, 0.6) is 0 Å². The lowest BCUT2D eigenvalue weighted by Gasteiger charge is -2.39. The second kappa shape index (κ2) is 7.81. The van der Waals surface area contributed by atoms with Gasteiger partial charge < -0.3 is 5.32 Å². The monoisotopic (exact) mass is 363 g/mol. The summed E-state index contributed by atoms with van der Waals surface area (Å²) in [5, 5.41) is 3.24. The maximum atomic E-state index is 12.7. The third-order valence-corrected chi connectivity index (χ3v) is 6.37. The smallest absolute Gasteiger partial charge is 0.251 e. The molecular weight excluding hydrogens is 334 g/mol. The normalized spacial score (nSPS) is 19.3. The molecule has 0 unspecified atom stereocenters. The molecule has 27 heavy (non-hydrogen) atoms. The number of hydrogen-bond donors (Lipinski definition) is 1. The largest absolute Gasteiger partial charge is 0.350 e. The highest BCUT2D eigenvalue weighted by atomic mass is 16.1. The third-order valence-electron chi connectivity index (χ3n) is 6.37. The zero-order valence-electron chi connectivity index (χ0n) is 16.2. The van der Waals surface area contributed by atoms with Gasteiger partial charge in [-0.2, -0.15) is 0 Å². The van der Waals surface area contributed by atoms with E-state index in [0.29, 0.717) is 0 Å². The number of hydrogen-bond acceptors (Lipinski definition) is 3. The van der Waals surface area contributed by atoms with Crippen LogP contribution in [0.2, 0.25) is 0 Å². The van der Waals surface area contributed by atoms with E-state index in [1.165, 1.54) is 51.6 Å². The van der Waals surface area contributed by atoms with Crippen molar-refractivity contribution in [3.63, 3.8) is 0 Å². The standard InChI is InChI=1S/C23H29N3O/c1-18-16-24-13-10-21(18)19-6-8-20(9-7-19)22(27)25-17-23(11-2-3-12-23)26-14-4-5-15-26/h6-10,13,16H,2-5,11-12,14-15,17H2,1H3,(H,25,27). The summed E-state index contributed by atoms with van der Waals surface area (Å²) in [4.78, 5) is 19.5. The molecule has 1 N–H and O–H groups in total. The highest BCUT2D eigenvalue weighted by molar-refractivity contribution is 5.94. The van der Waals surface area contributed by atoms with E-state index in [4.69, 9.17) is 0 Å². The van der Waals surface area contributed by atoms with Gasteiger partial charge >= 0.3 is 0 Å². The maximum absolute atomic E-state index is 12.7. The SMILES string of the molecule is Cc1cnccc1-c1ccc(C(=O)NCC2(N3CCCC3)CCCC2)cc1. The molecule has 142 valence electrons. The second-order valence-electron chi connectivity index (χ2n) is 8.08. The number of nitrogens with one attached hydrogen (secondary N) is 1. The van der Waals surface area contributed by atoms with Crippen LogP contribution < -0.4 is 5.32 Å². The van der Waals surface area contributed by atoms with Crippen molar-refractivity contribution < 1.29 is 4.79 Å². The molecule has 0 atom stereocenters. The van der Waals surface area contributed by atoms with Gasteiger partial charge in [-0.1, -0.05) is 25.0 Å². The van der Waals surface area contributed by atoms with Gasteiger partial charge in [0.15, 0.2) is 0 Å². The highest BCUT2D eigenvalue weighted by Gasteiger charge is 2.40. The summed E-state index contributed by atoms with van der Waals surface area (Å²) in [5.41, 5.74) is 4.36. The van der Waals surface area contributed by atoms with Crippen molar-refractivity contribution in [3.8, 4) is 11.1 Å². The van der Waals surface area contributed by atoms with Crippen LogP contribution in [-0.2, 0) is 0 Å². The van der Waals surface area contributed by atoms with Crippen molar-refractivity contribution >= 4 is 5.91 Å². The van der Waals surface area contributed by atoms with E-state index in [-0.39, 0.29) is 11.4 Å². The Labute approximate surface area is 162 Å². The first-order valence-electron chi connectivity index (χ1n) is 10.2. The molecule has 2 aromatic rings. The van der Waals surface area contributed by atoms with Gasteiger partial charge in [0.1, 0.15) is 0 Å². The van der Waals surface area contributed by atoms with Crippen molar-refractivity contribution in [3.05, 3.63) is 53.9 Å². The minimum absolute atomic E-state index is 0.0403. The van der Waals surface area contributed by atoms with E-state index < -0.39 is 0 Å². The number of rotatable bonds is 5. The molecule has 1 saturated heterocycles. The summed E-state index contributed by atoms with van der Waals surface area (Å²) < 4.78 is 0. The van der Waals surface area contributed by atoms with Crippen LogP contribution in [0, 0.1) is 6.92 Å². The van der Waals surface area contributed by atoms with Gasteiger partial charge in [-0.25, -0.2) is 0 Å². The van der Waals surface area contributed by atoms with Crippen LogP contribution in [-0.4, -0.2) is 41.0 Å². The van der Waals surface area contributed by atoms with Crippen molar-refractivity contribution in [2.75, 3.05) is 19.6 Å². The van der Waals surface area contributed by atoms with Crippen molar-refractivity contribution in [2.24, 2.45) is 0 Å². The van der Waals surface area contributed by atoms with Crippen molar-refractivity contribution in [1.29, 1.82) is 0 Å². The fourth-order valence-corrected chi connectivity index (χ4v) is 4.77. The van der Waals surface area contributed by atoms with E-state index in [1.54, 1.807) is 0 Å². The summed E-state index contributed by atoms with van der Waals surface area (Å²) >= 11 is 0. The van der Waals surface area contributed by atoms with Gasteiger partial charge in [0.25, 0.3) is 5.91 Å². The molecule has 1 aliphatic carbocycles. The molecule has 4 heteroatoms. The topological polar surface area (TPSA) is 45.2 Å². The molecule has 1 aromatic carbocycles. The molecule has 1 saturated carbocycles. The molecule has 4 nitrogen and oxygen atoms in total. The molecule has 0 radical (unpaired) electrons. The Morgan fingerprint density at radius 3 is 2.44 bits per heavy atom. The van der Waals surface area contributed by atoms with Gasteiger partial charge in [0.05, 0.1) is 0 Å². The number of nitrogens with zero attached hydrogens (tertiary/aromatic N) is 2. The van der Waals surface area contributed by atoms with Crippen LogP contribution in [0.4, 0.5) is 0 Å². The van der Waals surface area contributed by atoms with Crippen molar-refractivity contribution in [2.45, 2.75) is 51.0 Å². The number of aryl methyl sites for hydroxylation is 1. The molecule has 1 aromatic heterocycles. The molecule has 1 amide bonds. The zero-order chi connectivity index (χ0) is 18.7. The van der Waals surface area contributed by atoms with Gasteiger partial charge in [0, 0.05) is 30.0 Å². The van der Waals surface area contributed by atoms with Crippen LogP contribution in [0.25, 0.3) is 11.1 Å². The fraction of sp³-hybridized carbons (Fsp3) is 0.478. The third kappa shape index (κ3) is 3.77. The van der Waals surface area contributed by atoms with Gasteiger partial charge in [-0.3, -0.25) is 14.7 Å². The molecule has 1 aliphatic heterocycles. The second-order valence-corrected chi connectivity index (χ2v) is 8.08. The lowest BCUT2D eigenvalue weighted by Crippen LogP contribution is -2.53. The van der Waals surface area contributed by atoms with E-state index in [9.17, 15) is 4.79 Å². The summed E-state index contributed by atoms with van der Waals surface area (Å²) in [6.45, 7) is 5.21. The van der Waals surface area contributed by atoms with Crippen LogP contribution >= 0.6 is 0 Å². The van der Waals surface area contributed by atoms with E-state index >= 15 is 0 Å². The Morgan fingerprint density at radius 1 is 1.07 bits per heavy atom. The van der Waals surface area contributed by atoms with E-state index in [1.807, 2.05) is 42.7 Å². The molecule has 0 spiro atoms. The Balaban J connectivity index is 1.43. The minimum atomic E-state index is 0.0403. The predicted octanol–water partition coefficient (Wildman–Crippen LogP) is 4.20. The van der Waals surface area contributed by atoms with Crippen LogP contribution in [0.3, 0.4) is 0 Å². The average Bonchev–Trinajstić information content (AvgIpc) is 3.39. The highest BCUT2D eigenvalue weighted by Crippen LogP contribution is 2.37. The fourth-order valence-electron chi connectivity index (χ4n) is 4.77. The number of likely N-dealkylation sites (tertiary alicyclic amines) is 1. The summed E-state index contributed by atoms with van der Waals surface area (Å²) in [7, 11) is 0. The molecule has 4 rings (SSSR count). The lowest BCUT2D eigenvalue weighted by atomic mass is 9.95. The maximum Gasteiger partial charge on any atom is 0.251 e. The van der Waals surface area contributed by atoms with Crippen molar-refractivity contribution in [1.82, 2.24) is 15.2 Å². The molecule has 2 heterocycles. The van der Waals surface area contributed by atoms with Gasteiger partial charge in [0.2, 0.25) is 0 Å². The minimum Gasteiger partial charge on any atom is -0.350 e. The van der Waals surface area contributed by atoms with Crippen LogP contribution in [0.1, 0.15) is 54.4 Å². The Morgan fingerprint density at radius 2 is 1.78 bits per heavy atom.